The number of nitrogens with one attached hydrogen (secondary N) is 1. The number of hydrogen-bond acceptors (Lipinski definition) is 4. The fraction of sp³-hybridized carbons (Fsp3) is 0.700. The molecule has 8 heteroatoms. The summed E-state index contributed by atoms with van der Waals surface area (Å²) < 4.78 is 5.16. The SMILES string of the molecule is O=C(O)C[C@@H](NC(=O)N1CCCOCC1)C(=O)O. The number of carboxylic acid groups (broad SMARTS) is 2. The molecule has 0 unspecified atom stereocenters. The Hall–Kier alpha value is -1.83. The van der Waals surface area contributed by atoms with E-state index in [1.165, 1.54) is 4.90 Å². The van der Waals surface area contributed by atoms with Crippen molar-refractivity contribution in [3.63, 3.8) is 0 Å². The van der Waals surface area contributed by atoms with Crippen LogP contribution in [0.1, 0.15) is 12.8 Å². The second kappa shape index (κ2) is 6.80. The van der Waals surface area contributed by atoms with Crippen LogP contribution in [0.2, 0.25) is 0 Å². The minimum absolute atomic E-state index is 0.366. The Morgan fingerprint density at radius 3 is 2.56 bits per heavy atom. The molecule has 1 aliphatic heterocycles. The van der Waals surface area contributed by atoms with Crippen molar-refractivity contribution < 1.29 is 29.3 Å². The Kier molecular flexibility index (Phi) is 5.37. The second-order valence-electron chi connectivity index (χ2n) is 3.89. The van der Waals surface area contributed by atoms with Gasteiger partial charge in [-0.15, -0.1) is 0 Å². The first-order valence-corrected chi connectivity index (χ1v) is 5.58. The van der Waals surface area contributed by atoms with Gasteiger partial charge in [-0.3, -0.25) is 4.79 Å². The number of carbonyl (C=O) groups is 3. The van der Waals surface area contributed by atoms with Gasteiger partial charge in [0.25, 0.3) is 0 Å². The van der Waals surface area contributed by atoms with Crippen molar-refractivity contribution in [2.24, 2.45) is 0 Å². The summed E-state index contributed by atoms with van der Waals surface area (Å²) in [4.78, 5) is 34.5. The summed E-state index contributed by atoms with van der Waals surface area (Å²) in [5.41, 5.74) is 0. The van der Waals surface area contributed by atoms with E-state index in [0.717, 1.165) is 0 Å². The minimum atomic E-state index is -1.42. The molecule has 1 heterocycles. The Bertz CT molecular complexity index is 324. The van der Waals surface area contributed by atoms with Gasteiger partial charge in [-0.05, 0) is 6.42 Å². The number of carboxylic acids is 2. The Labute approximate surface area is 104 Å². The summed E-state index contributed by atoms with van der Waals surface area (Å²) in [6.45, 7) is 1.78. The highest BCUT2D eigenvalue weighted by atomic mass is 16.5. The zero-order valence-electron chi connectivity index (χ0n) is 9.79. The standard InChI is InChI=1S/C10H16N2O6/c13-8(14)6-7(9(15)16)11-10(17)12-2-1-4-18-5-3-12/h7H,1-6H2,(H,11,17)(H,13,14)(H,15,16)/t7-/m1/s1. The number of amides is 2. The van der Waals surface area contributed by atoms with Crippen molar-refractivity contribution in [1.29, 1.82) is 0 Å². The molecule has 0 aromatic heterocycles. The average molecular weight is 260 g/mol. The first kappa shape index (κ1) is 14.2. The van der Waals surface area contributed by atoms with Gasteiger partial charge in [0.1, 0.15) is 6.04 Å². The molecular formula is C10H16N2O6. The lowest BCUT2D eigenvalue weighted by atomic mass is 10.2. The van der Waals surface area contributed by atoms with Gasteiger partial charge in [-0.25, -0.2) is 9.59 Å². The number of aliphatic carboxylic acids is 2. The fourth-order valence-electron chi connectivity index (χ4n) is 1.56. The quantitative estimate of drug-likeness (QED) is 0.618. The molecule has 2 amide bonds. The van der Waals surface area contributed by atoms with Gasteiger partial charge in [0, 0.05) is 19.7 Å². The average Bonchev–Trinajstić information content (AvgIpc) is 2.55. The van der Waals surface area contributed by atoms with Crippen LogP contribution in [0, 0.1) is 0 Å². The van der Waals surface area contributed by atoms with E-state index in [0.29, 0.717) is 32.7 Å². The zero-order chi connectivity index (χ0) is 13.5. The van der Waals surface area contributed by atoms with Gasteiger partial charge in [-0.2, -0.15) is 0 Å². The summed E-state index contributed by atoms with van der Waals surface area (Å²) in [6, 6.07) is -1.99. The van der Waals surface area contributed by atoms with Gasteiger partial charge in [0.2, 0.25) is 0 Å². The zero-order valence-corrected chi connectivity index (χ0v) is 9.79. The number of carbonyl (C=O) groups excluding carboxylic acids is 1. The Morgan fingerprint density at radius 2 is 1.94 bits per heavy atom. The lowest BCUT2D eigenvalue weighted by Gasteiger charge is -2.22. The normalized spacial score (nSPS) is 17.7. The molecule has 0 aromatic rings. The van der Waals surface area contributed by atoms with Crippen LogP contribution in [-0.4, -0.2) is 65.4 Å². The van der Waals surface area contributed by atoms with E-state index in [4.69, 9.17) is 14.9 Å². The molecule has 0 radical (unpaired) electrons. The molecule has 18 heavy (non-hydrogen) atoms. The molecule has 102 valence electrons. The predicted molar refractivity (Wildman–Crippen MR) is 59.2 cm³/mol. The van der Waals surface area contributed by atoms with Crippen LogP contribution >= 0.6 is 0 Å². The van der Waals surface area contributed by atoms with Crippen molar-refractivity contribution in [3.05, 3.63) is 0 Å². The molecule has 0 aromatic carbocycles. The summed E-state index contributed by atoms with van der Waals surface area (Å²) in [5, 5.41) is 19.6. The van der Waals surface area contributed by atoms with Crippen LogP contribution in [-0.2, 0) is 14.3 Å². The summed E-state index contributed by atoms with van der Waals surface area (Å²) in [6.07, 6.45) is 0.0233. The molecule has 8 nitrogen and oxygen atoms in total. The Balaban J connectivity index is 2.53. The number of rotatable bonds is 4. The van der Waals surface area contributed by atoms with Crippen molar-refractivity contribution in [2.75, 3.05) is 26.3 Å². The first-order chi connectivity index (χ1) is 8.50. The van der Waals surface area contributed by atoms with Crippen molar-refractivity contribution in [1.82, 2.24) is 10.2 Å². The van der Waals surface area contributed by atoms with Gasteiger partial charge < -0.3 is 25.2 Å². The van der Waals surface area contributed by atoms with E-state index in [-0.39, 0.29) is 0 Å². The largest absolute Gasteiger partial charge is 0.481 e. The topological polar surface area (TPSA) is 116 Å². The van der Waals surface area contributed by atoms with E-state index in [1.807, 2.05) is 0 Å². The van der Waals surface area contributed by atoms with E-state index >= 15 is 0 Å². The lowest BCUT2D eigenvalue weighted by molar-refractivity contribution is -0.145. The van der Waals surface area contributed by atoms with Gasteiger partial charge in [0.15, 0.2) is 0 Å². The van der Waals surface area contributed by atoms with Crippen LogP contribution in [0.25, 0.3) is 0 Å². The van der Waals surface area contributed by atoms with Crippen molar-refractivity contribution in [2.45, 2.75) is 18.9 Å². The summed E-state index contributed by atoms with van der Waals surface area (Å²) >= 11 is 0. The highest BCUT2D eigenvalue weighted by molar-refractivity contribution is 5.86. The summed E-state index contributed by atoms with van der Waals surface area (Å²) in [7, 11) is 0. The van der Waals surface area contributed by atoms with Crippen LogP contribution in [0.3, 0.4) is 0 Å². The third-order valence-electron chi connectivity index (χ3n) is 2.48. The van der Waals surface area contributed by atoms with Crippen LogP contribution in [0.4, 0.5) is 4.79 Å². The van der Waals surface area contributed by atoms with E-state index in [1.54, 1.807) is 0 Å². The maximum atomic E-state index is 11.8. The minimum Gasteiger partial charge on any atom is -0.481 e. The molecule has 0 saturated carbocycles. The molecular weight excluding hydrogens is 244 g/mol. The van der Waals surface area contributed by atoms with Crippen LogP contribution in [0.5, 0.6) is 0 Å². The first-order valence-electron chi connectivity index (χ1n) is 5.58. The number of nitrogens with zero attached hydrogens (tertiary/aromatic N) is 1. The molecule has 3 N–H and O–H groups in total. The third-order valence-corrected chi connectivity index (χ3v) is 2.48. The molecule has 0 bridgehead atoms. The highest BCUT2D eigenvalue weighted by Crippen LogP contribution is 2.01. The van der Waals surface area contributed by atoms with E-state index in [9.17, 15) is 14.4 Å². The predicted octanol–water partition coefficient (Wildman–Crippen LogP) is -0.654. The summed E-state index contributed by atoms with van der Waals surface area (Å²) in [5.74, 6) is -2.64. The number of hydrogen-bond donors (Lipinski definition) is 3. The maximum Gasteiger partial charge on any atom is 0.326 e. The Morgan fingerprint density at radius 1 is 1.22 bits per heavy atom. The molecule has 1 aliphatic rings. The van der Waals surface area contributed by atoms with Crippen molar-refractivity contribution >= 4 is 18.0 Å². The van der Waals surface area contributed by atoms with Crippen LogP contribution in [0.15, 0.2) is 0 Å². The number of urea groups is 1. The third kappa shape index (κ3) is 4.58. The van der Waals surface area contributed by atoms with E-state index in [2.05, 4.69) is 5.32 Å². The number of ether oxygens (including phenoxy) is 1. The van der Waals surface area contributed by atoms with Crippen LogP contribution < -0.4 is 5.32 Å². The molecule has 0 spiro atoms. The van der Waals surface area contributed by atoms with E-state index < -0.39 is 30.4 Å². The monoisotopic (exact) mass is 260 g/mol. The molecule has 1 atom stereocenters. The molecule has 1 rings (SSSR count). The van der Waals surface area contributed by atoms with Gasteiger partial charge in [0.05, 0.1) is 13.0 Å². The van der Waals surface area contributed by atoms with Crippen molar-refractivity contribution in [3.8, 4) is 0 Å². The lowest BCUT2D eigenvalue weighted by Crippen LogP contribution is -2.49. The second-order valence-corrected chi connectivity index (χ2v) is 3.89. The van der Waals surface area contributed by atoms with Gasteiger partial charge >= 0.3 is 18.0 Å². The highest BCUT2D eigenvalue weighted by Gasteiger charge is 2.25. The molecule has 0 aliphatic carbocycles. The molecule has 1 saturated heterocycles. The van der Waals surface area contributed by atoms with Gasteiger partial charge in [-0.1, -0.05) is 0 Å². The fourth-order valence-corrected chi connectivity index (χ4v) is 1.56. The molecule has 1 fully saturated rings. The maximum absolute atomic E-state index is 11.8. The smallest absolute Gasteiger partial charge is 0.326 e.